The lowest BCUT2D eigenvalue weighted by atomic mass is 10.1. The van der Waals surface area contributed by atoms with Crippen LogP contribution >= 0.6 is 0 Å². The molecule has 0 aliphatic heterocycles. The first-order chi connectivity index (χ1) is 9.85. The van der Waals surface area contributed by atoms with E-state index in [1.165, 1.54) is 7.11 Å². The minimum Gasteiger partial charge on any atom is -0.444 e. The topological polar surface area (TPSA) is 77.0 Å². The fraction of sp³-hybridized carbons (Fsp3) is 0.533. The van der Waals surface area contributed by atoms with Gasteiger partial charge in [0.1, 0.15) is 5.60 Å². The van der Waals surface area contributed by atoms with Gasteiger partial charge in [-0.05, 0) is 32.8 Å². The normalized spacial score (nSPS) is 14.3. The Hall–Kier alpha value is -1.63. The number of nitrogens with one attached hydrogen (secondary N) is 1. The molecule has 21 heavy (non-hydrogen) atoms. The molecule has 0 fully saturated rings. The van der Waals surface area contributed by atoms with Crippen molar-refractivity contribution in [2.45, 2.75) is 45.1 Å². The summed E-state index contributed by atoms with van der Waals surface area (Å²) in [5.74, 6) is 0. The highest BCUT2D eigenvalue weighted by Crippen LogP contribution is 2.11. The van der Waals surface area contributed by atoms with Crippen LogP contribution in [0.25, 0.3) is 0 Å². The van der Waals surface area contributed by atoms with Gasteiger partial charge in [-0.2, -0.15) is 0 Å². The smallest absolute Gasteiger partial charge is 0.408 e. The van der Waals surface area contributed by atoms with Crippen LogP contribution in [0.5, 0.6) is 0 Å². The van der Waals surface area contributed by atoms with Gasteiger partial charge in [0.05, 0.1) is 6.04 Å². The van der Waals surface area contributed by atoms with Gasteiger partial charge in [0, 0.05) is 7.11 Å². The minimum atomic E-state index is -0.988. The number of carbonyl (C=O) groups is 1. The van der Waals surface area contributed by atoms with Gasteiger partial charge in [-0.25, -0.2) is 14.9 Å². The lowest BCUT2D eigenvalue weighted by Gasteiger charge is -2.26. The molecule has 1 amide bonds. The van der Waals surface area contributed by atoms with Crippen molar-refractivity contribution in [1.29, 1.82) is 0 Å². The molecule has 1 rings (SSSR count). The summed E-state index contributed by atoms with van der Waals surface area (Å²) >= 11 is 0. The predicted molar refractivity (Wildman–Crippen MR) is 77.8 cm³/mol. The third kappa shape index (κ3) is 6.57. The Morgan fingerprint density at radius 3 is 2.38 bits per heavy atom. The molecular weight excluding hydrogens is 274 g/mol. The maximum atomic E-state index is 11.9. The summed E-state index contributed by atoms with van der Waals surface area (Å²) in [7, 11) is 1.38. The molecule has 0 saturated heterocycles. The molecule has 1 aromatic carbocycles. The highest BCUT2D eigenvalue weighted by Gasteiger charge is 2.27. The van der Waals surface area contributed by atoms with Crippen LogP contribution in [-0.4, -0.2) is 36.4 Å². The third-order valence-electron chi connectivity index (χ3n) is 2.67. The first-order valence-corrected chi connectivity index (χ1v) is 6.72. The molecule has 6 nitrogen and oxygen atoms in total. The standard InChI is InChI=1S/C15H23NO5/c1-15(2,3)20-14(17)16-12(13(19-4)21-18)10-11-8-6-5-7-9-11/h5-9,12-13,18H,10H2,1-4H3,(H,16,17)/t12-,13+/m0/s1. The van der Waals surface area contributed by atoms with Gasteiger partial charge in [-0.15, -0.1) is 0 Å². The SMILES string of the molecule is CO[C@H](OO)[C@H](Cc1ccccc1)NC(=O)OC(C)(C)C. The van der Waals surface area contributed by atoms with Gasteiger partial charge in [0.2, 0.25) is 6.29 Å². The molecule has 0 bridgehead atoms. The molecule has 0 radical (unpaired) electrons. The predicted octanol–water partition coefficient (Wildman–Crippen LogP) is 2.58. The van der Waals surface area contributed by atoms with E-state index >= 15 is 0 Å². The van der Waals surface area contributed by atoms with E-state index in [1.807, 2.05) is 30.3 Å². The zero-order chi connectivity index (χ0) is 15.9. The van der Waals surface area contributed by atoms with Crippen LogP contribution in [-0.2, 0) is 20.8 Å². The summed E-state index contributed by atoms with van der Waals surface area (Å²) in [6, 6.07) is 8.91. The van der Waals surface area contributed by atoms with Crippen LogP contribution in [0.4, 0.5) is 4.79 Å². The van der Waals surface area contributed by atoms with Crippen molar-refractivity contribution in [2.75, 3.05) is 7.11 Å². The number of ether oxygens (including phenoxy) is 2. The number of alkyl carbamates (subject to hydrolysis) is 1. The first kappa shape index (κ1) is 17.4. The Morgan fingerprint density at radius 1 is 1.29 bits per heavy atom. The number of rotatable bonds is 6. The van der Waals surface area contributed by atoms with E-state index in [2.05, 4.69) is 10.2 Å². The fourth-order valence-electron chi connectivity index (χ4n) is 1.82. The fourth-order valence-corrected chi connectivity index (χ4v) is 1.82. The van der Waals surface area contributed by atoms with Crippen molar-refractivity contribution in [1.82, 2.24) is 5.32 Å². The second-order valence-electron chi connectivity index (χ2n) is 5.65. The first-order valence-electron chi connectivity index (χ1n) is 6.72. The average molecular weight is 297 g/mol. The van der Waals surface area contributed by atoms with Crippen LogP contribution in [0.2, 0.25) is 0 Å². The molecule has 0 unspecified atom stereocenters. The molecule has 6 heteroatoms. The summed E-state index contributed by atoms with van der Waals surface area (Å²) < 4.78 is 10.2. The maximum absolute atomic E-state index is 11.9. The van der Waals surface area contributed by atoms with Crippen molar-refractivity contribution in [3.8, 4) is 0 Å². The highest BCUT2D eigenvalue weighted by molar-refractivity contribution is 5.68. The number of methoxy groups -OCH3 is 1. The molecule has 0 aromatic heterocycles. The molecule has 2 atom stereocenters. The zero-order valence-corrected chi connectivity index (χ0v) is 12.8. The highest BCUT2D eigenvalue weighted by atomic mass is 17.1. The van der Waals surface area contributed by atoms with Gasteiger partial charge in [0.15, 0.2) is 0 Å². The number of carbonyl (C=O) groups excluding carboxylic acids is 1. The lowest BCUT2D eigenvalue weighted by Crippen LogP contribution is -2.48. The summed E-state index contributed by atoms with van der Waals surface area (Å²) in [5, 5.41) is 11.6. The summed E-state index contributed by atoms with van der Waals surface area (Å²) in [6.45, 7) is 5.32. The summed E-state index contributed by atoms with van der Waals surface area (Å²) in [6.07, 6.45) is -1.15. The van der Waals surface area contributed by atoms with Crippen LogP contribution in [0, 0.1) is 0 Å². The number of hydrogen-bond acceptors (Lipinski definition) is 5. The molecule has 0 heterocycles. The Labute approximate surface area is 124 Å². The second kappa shape index (κ2) is 7.97. The molecule has 0 aliphatic rings. The molecule has 2 N–H and O–H groups in total. The largest absolute Gasteiger partial charge is 0.444 e. The molecular formula is C15H23NO5. The molecule has 118 valence electrons. The lowest BCUT2D eigenvalue weighted by molar-refractivity contribution is -0.346. The molecule has 0 aliphatic carbocycles. The van der Waals surface area contributed by atoms with E-state index in [9.17, 15) is 4.79 Å². The zero-order valence-electron chi connectivity index (χ0n) is 12.8. The molecule has 0 spiro atoms. The van der Waals surface area contributed by atoms with E-state index in [-0.39, 0.29) is 0 Å². The van der Waals surface area contributed by atoms with Crippen LogP contribution < -0.4 is 5.32 Å². The van der Waals surface area contributed by atoms with Crippen molar-refractivity contribution in [3.63, 3.8) is 0 Å². The Bertz CT molecular complexity index is 425. The maximum Gasteiger partial charge on any atom is 0.408 e. The average Bonchev–Trinajstić information content (AvgIpc) is 2.39. The van der Waals surface area contributed by atoms with E-state index in [0.29, 0.717) is 6.42 Å². The second-order valence-corrected chi connectivity index (χ2v) is 5.65. The van der Waals surface area contributed by atoms with E-state index < -0.39 is 24.0 Å². The van der Waals surface area contributed by atoms with E-state index in [1.54, 1.807) is 20.8 Å². The third-order valence-corrected chi connectivity index (χ3v) is 2.67. The van der Waals surface area contributed by atoms with Crippen molar-refractivity contribution < 1.29 is 24.4 Å². The molecule has 1 aromatic rings. The van der Waals surface area contributed by atoms with Gasteiger partial charge in [-0.1, -0.05) is 30.3 Å². The van der Waals surface area contributed by atoms with Crippen molar-refractivity contribution in [2.24, 2.45) is 0 Å². The Balaban J connectivity index is 2.75. The van der Waals surface area contributed by atoms with Crippen LogP contribution in [0.3, 0.4) is 0 Å². The molecule has 0 saturated carbocycles. The van der Waals surface area contributed by atoms with Crippen molar-refractivity contribution in [3.05, 3.63) is 35.9 Å². The van der Waals surface area contributed by atoms with Crippen molar-refractivity contribution >= 4 is 6.09 Å². The Morgan fingerprint density at radius 2 is 1.90 bits per heavy atom. The number of benzene rings is 1. The quantitative estimate of drug-likeness (QED) is 0.479. The summed E-state index contributed by atoms with van der Waals surface area (Å²) in [4.78, 5) is 16.1. The Kier molecular flexibility index (Phi) is 6.61. The van der Waals surface area contributed by atoms with Gasteiger partial charge >= 0.3 is 6.09 Å². The van der Waals surface area contributed by atoms with Gasteiger partial charge in [0.25, 0.3) is 0 Å². The monoisotopic (exact) mass is 297 g/mol. The van der Waals surface area contributed by atoms with Crippen LogP contribution in [0.1, 0.15) is 26.3 Å². The minimum absolute atomic E-state index is 0.430. The number of amides is 1. The van der Waals surface area contributed by atoms with Crippen LogP contribution in [0.15, 0.2) is 30.3 Å². The summed E-state index contributed by atoms with van der Waals surface area (Å²) in [5.41, 5.74) is 0.363. The van der Waals surface area contributed by atoms with Gasteiger partial charge in [-0.3, -0.25) is 0 Å². The van der Waals surface area contributed by atoms with Gasteiger partial charge < -0.3 is 14.8 Å². The van der Waals surface area contributed by atoms with E-state index in [4.69, 9.17) is 14.7 Å². The number of hydrogen-bond donors (Lipinski definition) is 2. The van der Waals surface area contributed by atoms with E-state index in [0.717, 1.165) is 5.56 Å².